The molecule has 1 aromatic heterocycles. The minimum absolute atomic E-state index is 0.191. The Kier molecular flexibility index (Phi) is 4.40. The van der Waals surface area contributed by atoms with Crippen LogP contribution in [0.4, 0.5) is 0 Å². The molecular weight excluding hydrogens is 308 g/mol. The van der Waals surface area contributed by atoms with Crippen molar-refractivity contribution in [2.24, 2.45) is 7.05 Å². The molecule has 3 rings (SSSR count). The highest BCUT2D eigenvalue weighted by Crippen LogP contribution is 2.26. The maximum atomic E-state index is 12.6. The zero-order valence-corrected chi connectivity index (χ0v) is 13.8. The van der Waals surface area contributed by atoms with E-state index in [-0.39, 0.29) is 11.3 Å². The summed E-state index contributed by atoms with van der Waals surface area (Å²) in [6.45, 7) is 4.46. The number of hydrogen-bond donors (Lipinski definition) is 1. The van der Waals surface area contributed by atoms with Crippen molar-refractivity contribution in [1.29, 1.82) is 0 Å². The first kappa shape index (κ1) is 16.3. The monoisotopic (exact) mass is 328 g/mol. The zero-order valence-electron chi connectivity index (χ0n) is 13.8. The van der Waals surface area contributed by atoms with Crippen molar-refractivity contribution in [3.63, 3.8) is 0 Å². The number of carbonyl (C=O) groups is 1. The highest BCUT2D eigenvalue weighted by atomic mass is 16.5. The zero-order chi connectivity index (χ0) is 17.3. The Bertz CT molecular complexity index is 876. The lowest BCUT2D eigenvalue weighted by Crippen LogP contribution is -2.35. The molecule has 6 heteroatoms. The van der Waals surface area contributed by atoms with Crippen molar-refractivity contribution in [2.45, 2.75) is 6.92 Å². The smallest absolute Gasteiger partial charge is 0.265 e. The van der Waals surface area contributed by atoms with Crippen LogP contribution in [-0.4, -0.2) is 46.7 Å². The first-order valence-electron chi connectivity index (χ1n) is 7.86. The summed E-state index contributed by atoms with van der Waals surface area (Å²) in [7, 11) is 1.60. The Balaban J connectivity index is 2.05. The van der Waals surface area contributed by atoms with E-state index in [1.54, 1.807) is 31.3 Å². The van der Waals surface area contributed by atoms with Crippen LogP contribution in [0.1, 0.15) is 17.3 Å². The van der Waals surface area contributed by atoms with Gasteiger partial charge in [-0.3, -0.25) is 9.59 Å². The molecule has 1 N–H and O–H groups in total. The number of benzene rings is 1. The Morgan fingerprint density at radius 1 is 1.25 bits per heavy atom. The topological polar surface area (TPSA) is 71.8 Å². The van der Waals surface area contributed by atoms with Crippen LogP contribution < -0.4 is 5.56 Å². The van der Waals surface area contributed by atoms with Crippen molar-refractivity contribution in [1.82, 2.24) is 9.47 Å². The molecule has 0 spiro atoms. The van der Waals surface area contributed by atoms with E-state index >= 15 is 0 Å². The molecule has 0 aliphatic carbocycles. The van der Waals surface area contributed by atoms with Crippen LogP contribution in [0.15, 0.2) is 40.8 Å². The van der Waals surface area contributed by atoms with Gasteiger partial charge in [-0.15, -0.1) is 0 Å². The number of pyridine rings is 1. The summed E-state index contributed by atoms with van der Waals surface area (Å²) in [5, 5.41) is 10.9. The molecule has 24 heavy (non-hydrogen) atoms. The normalized spacial score (nSPS) is 15.8. The van der Waals surface area contributed by atoms with E-state index < -0.39 is 11.3 Å². The van der Waals surface area contributed by atoms with Crippen LogP contribution >= 0.6 is 0 Å². The first-order valence-corrected chi connectivity index (χ1v) is 7.86. The SMILES string of the molecule is C/C(=C/C(=O)c1c(O)c2ccccc2n(C)c1=O)N1CCOCC1. The lowest BCUT2D eigenvalue weighted by Gasteiger charge is -2.29. The number of carbonyl (C=O) groups excluding carboxylic acids is 1. The average Bonchev–Trinajstić information content (AvgIpc) is 2.60. The second-order valence-electron chi connectivity index (χ2n) is 5.85. The summed E-state index contributed by atoms with van der Waals surface area (Å²) in [5.41, 5.74) is 0.661. The lowest BCUT2D eigenvalue weighted by atomic mass is 10.1. The van der Waals surface area contributed by atoms with Crippen LogP contribution in [0.2, 0.25) is 0 Å². The molecule has 1 aromatic carbocycles. The van der Waals surface area contributed by atoms with Gasteiger partial charge in [0.05, 0.1) is 18.7 Å². The third kappa shape index (κ3) is 2.80. The van der Waals surface area contributed by atoms with Crippen molar-refractivity contribution >= 4 is 16.7 Å². The van der Waals surface area contributed by atoms with Crippen molar-refractivity contribution in [3.05, 3.63) is 52.0 Å². The second-order valence-corrected chi connectivity index (χ2v) is 5.85. The van der Waals surface area contributed by atoms with Gasteiger partial charge >= 0.3 is 0 Å². The quantitative estimate of drug-likeness (QED) is 0.685. The number of para-hydroxylation sites is 1. The minimum atomic E-state index is -0.498. The number of aromatic nitrogens is 1. The summed E-state index contributed by atoms with van der Waals surface area (Å²) in [4.78, 5) is 27.2. The molecule has 1 fully saturated rings. The molecule has 6 nitrogen and oxygen atoms in total. The molecule has 1 aliphatic heterocycles. The van der Waals surface area contributed by atoms with Gasteiger partial charge in [-0.2, -0.15) is 0 Å². The Hall–Kier alpha value is -2.60. The summed E-state index contributed by atoms with van der Waals surface area (Å²) in [6.07, 6.45) is 1.41. The standard InChI is InChI=1S/C18H20N2O4/c1-12(20-7-9-24-10-8-20)11-15(21)16-17(22)13-5-3-4-6-14(13)19(2)18(16)23/h3-6,11,22H,7-10H2,1-2H3/b12-11-. The molecular formula is C18H20N2O4. The number of fused-ring (bicyclic) bond motifs is 1. The number of hydrogen-bond acceptors (Lipinski definition) is 5. The predicted octanol–water partition coefficient (Wildman–Crippen LogP) is 1.66. The van der Waals surface area contributed by atoms with Crippen LogP contribution in [0.5, 0.6) is 5.75 Å². The highest BCUT2D eigenvalue weighted by molar-refractivity contribution is 6.09. The summed E-state index contributed by atoms with van der Waals surface area (Å²) in [6, 6.07) is 6.97. The molecule has 0 radical (unpaired) electrons. The number of allylic oxidation sites excluding steroid dienone is 2. The largest absolute Gasteiger partial charge is 0.506 e. The number of nitrogens with zero attached hydrogens (tertiary/aromatic N) is 2. The van der Waals surface area contributed by atoms with Gasteiger partial charge in [0.1, 0.15) is 11.3 Å². The number of aromatic hydroxyl groups is 1. The van der Waals surface area contributed by atoms with Crippen molar-refractivity contribution in [3.8, 4) is 5.75 Å². The van der Waals surface area contributed by atoms with E-state index in [1.165, 1.54) is 10.6 Å². The fourth-order valence-corrected chi connectivity index (χ4v) is 2.97. The van der Waals surface area contributed by atoms with Gasteiger partial charge in [-0.05, 0) is 19.1 Å². The van der Waals surface area contributed by atoms with Gasteiger partial charge in [-0.25, -0.2) is 0 Å². The maximum absolute atomic E-state index is 12.6. The number of morpholine rings is 1. The summed E-state index contributed by atoms with van der Waals surface area (Å²) in [5.74, 6) is -0.743. The number of ether oxygens (including phenoxy) is 1. The lowest BCUT2D eigenvalue weighted by molar-refractivity contribution is 0.0534. The third-order valence-electron chi connectivity index (χ3n) is 4.37. The fraction of sp³-hybridized carbons (Fsp3) is 0.333. The minimum Gasteiger partial charge on any atom is -0.506 e. The van der Waals surface area contributed by atoms with Gasteiger partial charge in [0.2, 0.25) is 0 Å². The molecule has 1 aliphatic rings. The Labute approximate surface area is 139 Å². The number of rotatable bonds is 3. The Morgan fingerprint density at radius 2 is 1.92 bits per heavy atom. The molecule has 2 aromatic rings. The molecule has 0 saturated carbocycles. The third-order valence-corrected chi connectivity index (χ3v) is 4.37. The second kappa shape index (κ2) is 6.49. The summed E-state index contributed by atoms with van der Waals surface area (Å²) < 4.78 is 6.68. The molecule has 1 saturated heterocycles. The van der Waals surface area contributed by atoms with Gasteiger partial charge < -0.3 is 19.3 Å². The summed E-state index contributed by atoms with van der Waals surface area (Å²) >= 11 is 0. The molecule has 0 amide bonds. The van der Waals surface area contributed by atoms with E-state index in [0.717, 1.165) is 5.70 Å². The average molecular weight is 328 g/mol. The van der Waals surface area contributed by atoms with Crippen LogP contribution in [0.3, 0.4) is 0 Å². The highest BCUT2D eigenvalue weighted by Gasteiger charge is 2.20. The molecule has 0 unspecified atom stereocenters. The molecule has 126 valence electrons. The van der Waals surface area contributed by atoms with Gasteiger partial charge in [0.15, 0.2) is 5.78 Å². The first-order chi connectivity index (χ1) is 11.5. The van der Waals surface area contributed by atoms with E-state index in [4.69, 9.17) is 4.74 Å². The van der Waals surface area contributed by atoms with Gasteiger partial charge in [0, 0.05) is 37.3 Å². The van der Waals surface area contributed by atoms with Crippen LogP contribution in [0.25, 0.3) is 10.9 Å². The fourth-order valence-electron chi connectivity index (χ4n) is 2.97. The van der Waals surface area contributed by atoms with E-state index in [9.17, 15) is 14.7 Å². The Morgan fingerprint density at radius 3 is 2.62 bits per heavy atom. The molecule has 2 heterocycles. The molecule has 0 bridgehead atoms. The molecule has 0 atom stereocenters. The van der Waals surface area contributed by atoms with Gasteiger partial charge in [-0.1, -0.05) is 12.1 Å². The van der Waals surface area contributed by atoms with E-state index in [2.05, 4.69) is 0 Å². The van der Waals surface area contributed by atoms with Crippen LogP contribution in [0, 0.1) is 0 Å². The van der Waals surface area contributed by atoms with Crippen molar-refractivity contribution in [2.75, 3.05) is 26.3 Å². The maximum Gasteiger partial charge on any atom is 0.265 e. The predicted molar refractivity (Wildman–Crippen MR) is 91.3 cm³/mol. The van der Waals surface area contributed by atoms with Crippen LogP contribution in [-0.2, 0) is 11.8 Å². The van der Waals surface area contributed by atoms with Crippen molar-refractivity contribution < 1.29 is 14.6 Å². The number of ketones is 1. The number of aryl methyl sites for hydroxylation is 1. The van der Waals surface area contributed by atoms with Gasteiger partial charge in [0.25, 0.3) is 5.56 Å². The van der Waals surface area contributed by atoms with E-state index in [0.29, 0.717) is 37.2 Å². The van der Waals surface area contributed by atoms with E-state index in [1.807, 2.05) is 11.8 Å².